The number of fused-ring (bicyclic) bond motifs is 2. The number of ether oxygens (including phenoxy) is 1. The number of nitrogens with zero attached hydrogens (tertiary/aromatic N) is 3. The van der Waals surface area contributed by atoms with E-state index in [9.17, 15) is 19.5 Å². The number of unbranched alkanes of at least 4 members (excludes halogenated alkanes) is 1. The van der Waals surface area contributed by atoms with Crippen molar-refractivity contribution in [3.05, 3.63) is 54.6 Å². The van der Waals surface area contributed by atoms with Gasteiger partial charge in [0.05, 0.1) is 17.4 Å². The van der Waals surface area contributed by atoms with E-state index in [-0.39, 0.29) is 30.4 Å². The standard InChI is InChI=1S/C31H41N3O5/c1-4-13-22(3)32-19-12-17-31-25(28(37)34(18-9-10-21-35)26(31)29(32)38)24-27(36)33(23-14-7-6-8-15-23)20-11-16-30(24,5-2)39-31/h6-8,11-12,14-17,22,24-26,35H,4-5,9-10,13,18-21H2,1-3H3/t22?,24-,25-,26?,30+,31-/m0/s1. The highest BCUT2D eigenvalue weighted by Crippen LogP contribution is 2.58. The molecule has 6 atom stereocenters. The lowest BCUT2D eigenvalue weighted by Gasteiger charge is -2.39. The molecule has 2 unspecified atom stereocenters. The van der Waals surface area contributed by atoms with Crippen LogP contribution in [-0.4, -0.2) is 82.2 Å². The third kappa shape index (κ3) is 4.32. The lowest BCUT2D eigenvalue weighted by Crippen LogP contribution is -2.57. The van der Waals surface area contributed by atoms with E-state index < -0.39 is 29.1 Å². The van der Waals surface area contributed by atoms with Crippen LogP contribution in [0.4, 0.5) is 5.69 Å². The van der Waals surface area contributed by atoms with E-state index in [1.807, 2.05) is 66.5 Å². The Morgan fingerprint density at radius 1 is 0.974 bits per heavy atom. The summed E-state index contributed by atoms with van der Waals surface area (Å²) in [4.78, 5) is 48.4. The molecule has 5 rings (SSSR count). The number of hydrogen-bond donors (Lipinski definition) is 1. The quantitative estimate of drug-likeness (QED) is 0.387. The molecule has 0 bridgehead atoms. The Kier molecular flexibility index (Phi) is 7.71. The molecule has 1 aromatic carbocycles. The molecule has 210 valence electrons. The second-order valence-electron chi connectivity index (χ2n) is 11.3. The van der Waals surface area contributed by atoms with Crippen LogP contribution in [0.3, 0.4) is 0 Å². The van der Waals surface area contributed by atoms with Gasteiger partial charge in [-0.2, -0.15) is 0 Å². The van der Waals surface area contributed by atoms with Crippen molar-refractivity contribution >= 4 is 23.4 Å². The predicted molar refractivity (Wildman–Crippen MR) is 149 cm³/mol. The minimum Gasteiger partial charge on any atom is -0.396 e. The first-order chi connectivity index (χ1) is 18.8. The first-order valence-electron chi connectivity index (χ1n) is 14.5. The van der Waals surface area contributed by atoms with Gasteiger partial charge in [-0.15, -0.1) is 0 Å². The maximum Gasteiger partial charge on any atom is 0.249 e. The second kappa shape index (κ2) is 10.9. The number of anilines is 1. The summed E-state index contributed by atoms with van der Waals surface area (Å²) in [7, 11) is 0. The van der Waals surface area contributed by atoms with E-state index in [0.717, 1.165) is 18.5 Å². The fourth-order valence-electron chi connectivity index (χ4n) is 7.22. The second-order valence-corrected chi connectivity index (χ2v) is 11.3. The molecular weight excluding hydrogens is 494 g/mol. The summed E-state index contributed by atoms with van der Waals surface area (Å²) in [5.41, 5.74) is -1.46. The smallest absolute Gasteiger partial charge is 0.249 e. The lowest BCUT2D eigenvalue weighted by atomic mass is 9.73. The number of aliphatic hydroxyl groups is 1. The van der Waals surface area contributed by atoms with Gasteiger partial charge < -0.3 is 24.5 Å². The van der Waals surface area contributed by atoms with Crippen molar-refractivity contribution in [3.63, 3.8) is 0 Å². The van der Waals surface area contributed by atoms with Crippen molar-refractivity contribution in [2.75, 3.05) is 31.1 Å². The van der Waals surface area contributed by atoms with E-state index in [1.54, 1.807) is 9.80 Å². The molecule has 1 spiro atoms. The molecule has 2 fully saturated rings. The highest BCUT2D eigenvalue weighted by molar-refractivity contribution is 6.04. The average Bonchev–Trinajstić information content (AvgIpc) is 3.21. The molecule has 2 saturated heterocycles. The Morgan fingerprint density at radius 2 is 1.72 bits per heavy atom. The number of amides is 3. The molecule has 1 aromatic rings. The third-order valence-electron chi connectivity index (χ3n) is 9.08. The van der Waals surface area contributed by atoms with E-state index in [4.69, 9.17) is 4.74 Å². The number of aliphatic hydroxyl groups excluding tert-OH is 1. The van der Waals surface area contributed by atoms with E-state index in [1.165, 1.54) is 0 Å². The Labute approximate surface area is 231 Å². The van der Waals surface area contributed by atoms with Crippen LogP contribution in [-0.2, 0) is 19.1 Å². The van der Waals surface area contributed by atoms with Gasteiger partial charge in [0.1, 0.15) is 11.6 Å². The molecule has 0 aliphatic carbocycles. The van der Waals surface area contributed by atoms with Crippen LogP contribution in [0.5, 0.6) is 0 Å². The zero-order chi connectivity index (χ0) is 27.8. The topological polar surface area (TPSA) is 90.4 Å². The third-order valence-corrected chi connectivity index (χ3v) is 9.08. The minimum atomic E-state index is -1.24. The number of benzene rings is 1. The van der Waals surface area contributed by atoms with Crippen LogP contribution >= 0.6 is 0 Å². The Bertz CT molecular complexity index is 1150. The van der Waals surface area contributed by atoms with Crippen LogP contribution in [0.1, 0.15) is 52.9 Å². The number of likely N-dealkylation sites (tertiary alicyclic amines) is 1. The van der Waals surface area contributed by atoms with Crippen molar-refractivity contribution in [1.29, 1.82) is 0 Å². The van der Waals surface area contributed by atoms with Crippen LogP contribution in [0, 0.1) is 11.8 Å². The summed E-state index contributed by atoms with van der Waals surface area (Å²) in [6.07, 6.45) is 11.2. The molecule has 4 heterocycles. The van der Waals surface area contributed by atoms with Crippen molar-refractivity contribution < 1.29 is 24.2 Å². The van der Waals surface area contributed by atoms with Crippen molar-refractivity contribution in [3.8, 4) is 0 Å². The molecule has 1 N–H and O–H groups in total. The average molecular weight is 536 g/mol. The molecule has 4 aliphatic rings. The molecule has 3 amide bonds. The number of carbonyl (C=O) groups excluding carboxylic acids is 3. The first-order valence-corrected chi connectivity index (χ1v) is 14.5. The number of hydrogen-bond acceptors (Lipinski definition) is 5. The highest BCUT2D eigenvalue weighted by Gasteiger charge is 2.75. The maximum absolute atomic E-state index is 14.4. The molecule has 0 saturated carbocycles. The van der Waals surface area contributed by atoms with Gasteiger partial charge in [0, 0.05) is 38.0 Å². The highest BCUT2D eigenvalue weighted by atomic mass is 16.5. The van der Waals surface area contributed by atoms with Crippen molar-refractivity contribution in [2.24, 2.45) is 11.8 Å². The van der Waals surface area contributed by atoms with Gasteiger partial charge in [0.25, 0.3) is 0 Å². The van der Waals surface area contributed by atoms with Gasteiger partial charge in [-0.1, -0.05) is 62.8 Å². The molecule has 8 heteroatoms. The van der Waals surface area contributed by atoms with Gasteiger partial charge in [-0.25, -0.2) is 0 Å². The van der Waals surface area contributed by atoms with Gasteiger partial charge >= 0.3 is 0 Å². The summed E-state index contributed by atoms with van der Waals surface area (Å²) >= 11 is 0. The Morgan fingerprint density at radius 3 is 2.41 bits per heavy atom. The lowest BCUT2D eigenvalue weighted by molar-refractivity contribution is -0.153. The zero-order valence-electron chi connectivity index (χ0n) is 23.3. The molecule has 0 radical (unpaired) electrons. The van der Waals surface area contributed by atoms with E-state index in [0.29, 0.717) is 38.9 Å². The Hall–Kier alpha value is -2.97. The van der Waals surface area contributed by atoms with E-state index >= 15 is 0 Å². The summed E-state index contributed by atoms with van der Waals surface area (Å²) < 4.78 is 7.02. The predicted octanol–water partition coefficient (Wildman–Crippen LogP) is 3.31. The van der Waals surface area contributed by atoms with Gasteiger partial charge in [0.2, 0.25) is 17.7 Å². The van der Waals surface area contributed by atoms with Gasteiger partial charge in [-0.3, -0.25) is 14.4 Å². The molecular formula is C31H41N3O5. The molecule has 0 aromatic heterocycles. The SMILES string of the molecule is CCCC(C)N1CC=C[C@]23O[C@]4(CC)C=CCN(c5ccccc5)C(=O)[C@@H]4[C@H]2C(=O)N(CCCCO)C3C1=O. The van der Waals surface area contributed by atoms with Crippen LogP contribution in [0.15, 0.2) is 54.6 Å². The van der Waals surface area contributed by atoms with Gasteiger partial charge in [0.15, 0.2) is 0 Å². The monoisotopic (exact) mass is 535 g/mol. The fraction of sp³-hybridized carbons (Fsp3) is 0.581. The van der Waals surface area contributed by atoms with Crippen LogP contribution in [0.2, 0.25) is 0 Å². The minimum absolute atomic E-state index is 0.0119. The molecule has 4 aliphatic heterocycles. The van der Waals surface area contributed by atoms with Crippen LogP contribution < -0.4 is 4.90 Å². The normalized spacial score (nSPS) is 32.7. The molecule has 39 heavy (non-hydrogen) atoms. The number of carbonyl (C=O) groups is 3. The first kappa shape index (κ1) is 27.6. The van der Waals surface area contributed by atoms with Crippen LogP contribution in [0.25, 0.3) is 0 Å². The summed E-state index contributed by atoms with van der Waals surface area (Å²) in [5, 5.41) is 9.42. The zero-order valence-corrected chi connectivity index (χ0v) is 23.3. The number of para-hydroxylation sites is 1. The molecule has 8 nitrogen and oxygen atoms in total. The fourth-order valence-corrected chi connectivity index (χ4v) is 7.22. The number of rotatable bonds is 9. The van der Waals surface area contributed by atoms with Crippen molar-refractivity contribution in [1.82, 2.24) is 9.80 Å². The Balaban J connectivity index is 1.62. The van der Waals surface area contributed by atoms with Gasteiger partial charge in [-0.05, 0) is 44.7 Å². The van der Waals surface area contributed by atoms with E-state index in [2.05, 4.69) is 13.8 Å². The van der Waals surface area contributed by atoms with Crippen molar-refractivity contribution in [2.45, 2.75) is 76.2 Å². The largest absolute Gasteiger partial charge is 0.396 e. The maximum atomic E-state index is 14.4. The summed E-state index contributed by atoms with van der Waals surface area (Å²) in [5.74, 6) is -2.07. The summed E-state index contributed by atoms with van der Waals surface area (Å²) in [6.45, 7) is 7.31. The summed E-state index contributed by atoms with van der Waals surface area (Å²) in [6, 6.07) is 8.67.